The smallest absolute Gasteiger partial charge is 0.0991 e. The maximum atomic E-state index is 8.81. The number of nitriles is 1. The third-order valence-corrected chi connectivity index (χ3v) is 3.64. The van der Waals surface area contributed by atoms with Crippen molar-refractivity contribution in [2.75, 3.05) is 0 Å². The first-order valence-electron chi connectivity index (χ1n) is 7.04. The molecule has 0 radical (unpaired) electrons. The summed E-state index contributed by atoms with van der Waals surface area (Å²) >= 11 is 0. The van der Waals surface area contributed by atoms with Crippen LogP contribution in [0.15, 0.2) is 48.5 Å². The highest BCUT2D eigenvalue weighted by Crippen LogP contribution is 2.15. The molecule has 1 N–H and O–H groups in total. The van der Waals surface area contributed by atoms with E-state index >= 15 is 0 Å². The predicted molar refractivity (Wildman–Crippen MR) is 82.2 cm³/mol. The van der Waals surface area contributed by atoms with Crippen molar-refractivity contribution >= 4 is 0 Å². The monoisotopic (exact) mass is 264 g/mol. The van der Waals surface area contributed by atoms with E-state index in [1.165, 1.54) is 16.7 Å². The molecule has 0 fully saturated rings. The largest absolute Gasteiger partial charge is 0.306 e. The van der Waals surface area contributed by atoms with Crippen molar-refractivity contribution in [3.8, 4) is 6.07 Å². The molecule has 2 heteroatoms. The summed E-state index contributed by atoms with van der Waals surface area (Å²) in [6.45, 7) is 5.20. The van der Waals surface area contributed by atoms with Crippen LogP contribution in [0.2, 0.25) is 0 Å². The number of hydrogen-bond acceptors (Lipinski definition) is 2. The van der Waals surface area contributed by atoms with E-state index < -0.39 is 0 Å². The highest BCUT2D eigenvalue weighted by Gasteiger charge is 2.06. The molecule has 0 spiro atoms. The first-order valence-corrected chi connectivity index (χ1v) is 7.04. The molecule has 0 heterocycles. The van der Waals surface area contributed by atoms with Gasteiger partial charge in [-0.3, -0.25) is 0 Å². The van der Waals surface area contributed by atoms with Gasteiger partial charge in [0.15, 0.2) is 0 Å². The van der Waals surface area contributed by atoms with E-state index in [4.69, 9.17) is 5.26 Å². The minimum absolute atomic E-state index is 0.271. The minimum Gasteiger partial charge on any atom is -0.306 e. The van der Waals surface area contributed by atoms with Crippen molar-refractivity contribution in [3.05, 3.63) is 70.8 Å². The Morgan fingerprint density at radius 1 is 1.05 bits per heavy atom. The zero-order valence-corrected chi connectivity index (χ0v) is 12.1. The molecule has 0 saturated heterocycles. The Balaban J connectivity index is 2.01. The summed E-state index contributed by atoms with van der Waals surface area (Å²) in [4.78, 5) is 0. The number of benzene rings is 2. The Hall–Kier alpha value is -2.11. The second-order valence-corrected chi connectivity index (χ2v) is 4.96. The normalized spacial score (nSPS) is 11.8. The summed E-state index contributed by atoms with van der Waals surface area (Å²) in [6.07, 6.45) is 1.06. The fourth-order valence-corrected chi connectivity index (χ4v) is 2.30. The molecule has 20 heavy (non-hydrogen) atoms. The van der Waals surface area contributed by atoms with Crippen molar-refractivity contribution < 1.29 is 0 Å². The van der Waals surface area contributed by atoms with Gasteiger partial charge in [-0.1, -0.05) is 43.3 Å². The summed E-state index contributed by atoms with van der Waals surface area (Å²) in [5.41, 5.74) is 4.66. The van der Waals surface area contributed by atoms with Gasteiger partial charge in [-0.05, 0) is 42.2 Å². The molecular formula is C18H20N2. The Morgan fingerprint density at radius 2 is 1.70 bits per heavy atom. The highest BCUT2D eigenvalue weighted by molar-refractivity contribution is 5.33. The fourth-order valence-electron chi connectivity index (χ4n) is 2.30. The molecule has 1 unspecified atom stereocenters. The molecular weight excluding hydrogens is 244 g/mol. The maximum absolute atomic E-state index is 8.81. The summed E-state index contributed by atoms with van der Waals surface area (Å²) in [6, 6.07) is 18.7. The lowest BCUT2D eigenvalue weighted by Gasteiger charge is -2.16. The van der Waals surface area contributed by atoms with Crippen LogP contribution in [-0.2, 0) is 13.0 Å². The van der Waals surface area contributed by atoms with Crippen molar-refractivity contribution in [1.29, 1.82) is 5.26 Å². The average Bonchev–Trinajstić information content (AvgIpc) is 2.53. The molecule has 0 bridgehead atoms. The Labute approximate surface area is 121 Å². The van der Waals surface area contributed by atoms with Crippen molar-refractivity contribution in [1.82, 2.24) is 5.32 Å². The van der Waals surface area contributed by atoms with Crippen LogP contribution in [0, 0.1) is 11.3 Å². The molecule has 1 atom stereocenters. The molecule has 0 aromatic heterocycles. The zero-order valence-electron chi connectivity index (χ0n) is 12.1. The number of nitrogens with zero attached hydrogens (tertiary/aromatic N) is 1. The van der Waals surface area contributed by atoms with Crippen molar-refractivity contribution in [2.45, 2.75) is 32.9 Å². The number of rotatable bonds is 5. The summed E-state index contributed by atoms with van der Waals surface area (Å²) in [5, 5.41) is 12.4. The summed E-state index contributed by atoms with van der Waals surface area (Å²) < 4.78 is 0. The van der Waals surface area contributed by atoms with Crippen LogP contribution in [0.3, 0.4) is 0 Å². The Bertz CT molecular complexity index is 594. The van der Waals surface area contributed by atoms with E-state index in [-0.39, 0.29) is 6.04 Å². The van der Waals surface area contributed by atoms with E-state index in [1.54, 1.807) is 0 Å². The van der Waals surface area contributed by atoms with E-state index in [9.17, 15) is 0 Å². The molecule has 2 rings (SSSR count). The fraction of sp³-hybridized carbons (Fsp3) is 0.278. The van der Waals surface area contributed by atoms with Gasteiger partial charge in [0.25, 0.3) is 0 Å². The minimum atomic E-state index is 0.271. The van der Waals surface area contributed by atoms with Crippen LogP contribution < -0.4 is 5.32 Å². The maximum Gasteiger partial charge on any atom is 0.0991 e. The van der Waals surface area contributed by atoms with E-state index in [1.807, 2.05) is 24.3 Å². The first-order chi connectivity index (χ1) is 9.74. The SMILES string of the molecule is CCc1ccccc1CNC(C)c1ccc(C#N)cc1. The van der Waals surface area contributed by atoms with Crippen LogP contribution >= 0.6 is 0 Å². The topological polar surface area (TPSA) is 35.8 Å². The second-order valence-electron chi connectivity index (χ2n) is 4.96. The van der Waals surface area contributed by atoms with Gasteiger partial charge in [-0.2, -0.15) is 5.26 Å². The summed E-state index contributed by atoms with van der Waals surface area (Å²) in [5.74, 6) is 0. The van der Waals surface area contributed by atoms with Crippen LogP contribution in [0.4, 0.5) is 0 Å². The Morgan fingerprint density at radius 3 is 2.30 bits per heavy atom. The zero-order chi connectivity index (χ0) is 14.4. The average molecular weight is 264 g/mol. The van der Waals surface area contributed by atoms with Crippen LogP contribution in [0.25, 0.3) is 0 Å². The molecule has 2 nitrogen and oxygen atoms in total. The number of hydrogen-bond donors (Lipinski definition) is 1. The molecule has 0 amide bonds. The molecule has 2 aromatic rings. The van der Waals surface area contributed by atoms with E-state index in [0.29, 0.717) is 5.56 Å². The summed E-state index contributed by atoms with van der Waals surface area (Å²) in [7, 11) is 0. The first kappa shape index (κ1) is 14.3. The van der Waals surface area contributed by atoms with Gasteiger partial charge in [-0.15, -0.1) is 0 Å². The van der Waals surface area contributed by atoms with Crippen LogP contribution in [-0.4, -0.2) is 0 Å². The molecule has 0 saturated carbocycles. The molecule has 102 valence electrons. The van der Waals surface area contributed by atoms with Gasteiger partial charge < -0.3 is 5.32 Å². The van der Waals surface area contributed by atoms with Gasteiger partial charge >= 0.3 is 0 Å². The molecule has 0 aliphatic heterocycles. The van der Waals surface area contributed by atoms with Gasteiger partial charge in [-0.25, -0.2) is 0 Å². The van der Waals surface area contributed by atoms with Crippen LogP contribution in [0.5, 0.6) is 0 Å². The molecule has 2 aromatic carbocycles. The lowest BCUT2D eigenvalue weighted by Crippen LogP contribution is -2.18. The van der Waals surface area contributed by atoms with E-state index in [2.05, 4.69) is 49.5 Å². The quantitative estimate of drug-likeness (QED) is 0.887. The lowest BCUT2D eigenvalue weighted by molar-refractivity contribution is 0.572. The van der Waals surface area contributed by atoms with E-state index in [0.717, 1.165) is 13.0 Å². The number of aryl methyl sites for hydroxylation is 1. The second kappa shape index (κ2) is 6.88. The van der Waals surface area contributed by atoms with Gasteiger partial charge in [0.1, 0.15) is 0 Å². The molecule has 0 aliphatic rings. The van der Waals surface area contributed by atoms with Gasteiger partial charge in [0.2, 0.25) is 0 Å². The van der Waals surface area contributed by atoms with Crippen LogP contribution in [0.1, 0.15) is 42.1 Å². The Kier molecular flexibility index (Phi) is 4.92. The highest BCUT2D eigenvalue weighted by atomic mass is 14.9. The van der Waals surface area contributed by atoms with Gasteiger partial charge in [0, 0.05) is 12.6 Å². The predicted octanol–water partition coefficient (Wildman–Crippen LogP) is 3.97. The molecule has 0 aliphatic carbocycles. The van der Waals surface area contributed by atoms with Gasteiger partial charge in [0.05, 0.1) is 11.6 Å². The number of nitrogens with one attached hydrogen (secondary N) is 1. The van der Waals surface area contributed by atoms with Crippen molar-refractivity contribution in [2.24, 2.45) is 0 Å². The third kappa shape index (κ3) is 3.46. The van der Waals surface area contributed by atoms with Crippen molar-refractivity contribution in [3.63, 3.8) is 0 Å². The lowest BCUT2D eigenvalue weighted by atomic mass is 10.0. The standard InChI is InChI=1S/C18H20N2/c1-3-16-6-4-5-7-18(16)13-20-14(2)17-10-8-15(12-19)9-11-17/h4-11,14,20H,3,13H2,1-2H3. The third-order valence-electron chi connectivity index (χ3n) is 3.64.